The highest BCUT2D eigenvalue weighted by Crippen LogP contribution is 2.04. The molecule has 0 radical (unpaired) electrons. The largest absolute Gasteiger partial charge is 0.465 e. The third-order valence-corrected chi connectivity index (χ3v) is 1.27. The fraction of sp³-hybridized carbons (Fsp3) is 0.222. The Morgan fingerprint density at radius 1 is 1.58 bits per heavy atom. The zero-order valence-corrected chi connectivity index (χ0v) is 7.33. The molecule has 0 fully saturated rings. The minimum absolute atomic E-state index is 0.319. The van der Waals surface area contributed by atoms with Crippen LogP contribution in [-0.4, -0.2) is 13.1 Å². The van der Waals surface area contributed by atoms with E-state index in [1.807, 2.05) is 0 Å². The van der Waals surface area contributed by atoms with E-state index in [1.165, 1.54) is 13.2 Å². The van der Waals surface area contributed by atoms with Crippen LogP contribution in [0.25, 0.3) is 0 Å². The van der Waals surface area contributed by atoms with Crippen LogP contribution < -0.4 is 5.73 Å². The summed E-state index contributed by atoms with van der Waals surface area (Å²) in [6.07, 6.45) is 4.71. The number of esters is 1. The minimum atomic E-state index is -0.453. The van der Waals surface area contributed by atoms with Crippen LogP contribution in [0.3, 0.4) is 0 Å². The highest BCUT2D eigenvalue weighted by atomic mass is 16.5. The molecule has 0 saturated heterocycles. The maximum Gasteiger partial charge on any atom is 0.339 e. The first-order chi connectivity index (χ1) is 5.67. The van der Waals surface area contributed by atoms with Gasteiger partial charge in [-0.05, 0) is 19.1 Å². The van der Waals surface area contributed by atoms with E-state index in [-0.39, 0.29) is 0 Å². The van der Waals surface area contributed by atoms with Crippen LogP contribution >= 0.6 is 0 Å². The summed E-state index contributed by atoms with van der Waals surface area (Å²) in [5.74, 6) is -0.453. The van der Waals surface area contributed by atoms with Gasteiger partial charge >= 0.3 is 5.97 Å². The van der Waals surface area contributed by atoms with Gasteiger partial charge in [0.2, 0.25) is 0 Å². The molecule has 0 spiro atoms. The van der Waals surface area contributed by atoms with Gasteiger partial charge in [0, 0.05) is 5.70 Å². The Kier molecular flexibility index (Phi) is 4.53. The first-order valence-electron chi connectivity index (χ1n) is 3.50. The quantitative estimate of drug-likeness (QED) is 0.389. The number of methoxy groups -OCH3 is 1. The Hall–Kier alpha value is -1.51. The Morgan fingerprint density at radius 2 is 2.17 bits per heavy atom. The van der Waals surface area contributed by atoms with Crippen molar-refractivity contribution in [2.75, 3.05) is 7.11 Å². The fourth-order valence-electron chi connectivity index (χ4n) is 0.669. The van der Waals surface area contributed by atoms with Crippen LogP contribution in [0.4, 0.5) is 0 Å². The van der Waals surface area contributed by atoms with Crippen LogP contribution in [0.1, 0.15) is 6.92 Å². The summed E-state index contributed by atoms with van der Waals surface area (Å²) < 4.78 is 4.51. The first-order valence-corrected chi connectivity index (χ1v) is 3.50. The summed E-state index contributed by atoms with van der Waals surface area (Å²) in [6, 6.07) is 0. The molecule has 0 aliphatic rings. The van der Waals surface area contributed by atoms with Crippen molar-refractivity contribution in [3.63, 3.8) is 0 Å². The molecule has 3 nitrogen and oxygen atoms in total. The van der Waals surface area contributed by atoms with E-state index in [4.69, 9.17) is 5.73 Å². The third-order valence-electron chi connectivity index (χ3n) is 1.27. The van der Waals surface area contributed by atoms with E-state index in [2.05, 4.69) is 11.3 Å². The normalized spacial score (nSPS) is 12.5. The molecule has 0 aromatic heterocycles. The third kappa shape index (κ3) is 2.62. The Balaban J connectivity index is 4.90. The average molecular weight is 167 g/mol. The van der Waals surface area contributed by atoms with Crippen molar-refractivity contribution >= 4 is 5.97 Å². The summed E-state index contributed by atoms with van der Waals surface area (Å²) in [7, 11) is 1.31. The van der Waals surface area contributed by atoms with Gasteiger partial charge in [0.05, 0.1) is 12.7 Å². The lowest BCUT2D eigenvalue weighted by Crippen LogP contribution is -2.09. The van der Waals surface area contributed by atoms with Gasteiger partial charge in [0.1, 0.15) is 0 Å². The SMILES string of the molecule is C=C/C(N)=C(\C=C/C)C(=O)OC. The van der Waals surface area contributed by atoms with Gasteiger partial charge in [-0.3, -0.25) is 0 Å². The predicted molar refractivity (Wildman–Crippen MR) is 48.2 cm³/mol. The monoisotopic (exact) mass is 167 g/mol. The highest BCUT2D eigenvalue weighted by molar-refractivity contribution is 5.92. The summed E-state index contributed by atoms with van der Waals surface area (Å²) in [5.41, 5.74) is 6.14. The smallest absolute Gasteiger partial charge is 0.339 e. The van der Waals surface area contributed by atoms with Gasteiger partial charge in [0.25, 0.3) is 0 Å². The molecule has 0 aromatic carbocycles. The van der Waals surface area contributed by atoms with Gasteiger partial charge in [-0.25, -0.2) is 4.79 Å². The van der Waals surface area contributed by atoms with Crippen LogP contribution in [0.5, 0.6) is 0 Å². The number of allylic oxidation sites excluding steroid dienone is 2. The Labute approximate surface area is 72.2 Å². The molecule has 66 valence electrons. The van der Waals surface area contributed by atoms with E-state index < -0.39 is 5.97 Å². The molecule has 0 saturated carbocycles. The van der Waals surface area contributed by atoms with Crippen molar-refractivity contribution in [3.8, 4) is 0 Å². The first kappa shape index (κ1) is 10.5. The van der Waals surface area contributed by atoms with Gasteiger partial charge in [-0.1, -0.05) is 12.7 Å². The minimum Gasteiger partial charge on any atom is -0.465 e. The number of ether oxygens (including phenoxy) is 1. The molecule has 0 atom stereocenters. The zero-order chi connectivity index (χ0) is 9.56. The lowest BCUT2D eigenvalue weighted by molar-refractivity contribution is -0.135. The molecule has 2 N–H and O–H groups in total. The van der Waals surface area contributed by atoms with Gasteiger partial charge < -0.3 is 10.5 Å². The second kappa shape index (κ2) is 5.18. The van der Waals surface area contributed by atoms with Gasteiger partial charge in [-0.2, -0.15) is 0 Å². The molecule has 0 rings (SSSR count). The molecule has 0 amide bonds. The number of rotatable bonds is 3. The number of hydrogen-bond acceptors (Lipinski definition) is 3. The van der Waals surface area contributed by atoms with Crippen LogP contribution in [-0.2, 0) is 9.53 Å². The number of carbonyl (C=O) groups is 1. The Bertz CT molecular complexity index is 239. The van der Waals surface area contributed by atoms with E-state index in [0.29, 0.717) is 11.3 Å². The van der Waals surface area contributed by atoms with Crippen molar-refractivity contribution in [2.24, 2.45) is 5.73 Å². The molecule has 0 unspecified atom stereocenters. The molecule has 0 bridgehead atoms. The second-order valence-electron chi connectivity index (χ2n) is 2.06. The Morgan fingerprint density at radius 3 is 2.50 bits per heavy atom. The molecular formula is C9H13NO2. The molecule has 0 heterocycles. The lowest BCUT2D eigenvalue weighted by Gasteiger charge is -2.01. The summed E-state index contributed by atoms with van der Waals surface area (Å²) in [4.78, 5) is 11.0. The van der Waals surface area contributed by atoms with E-state index in [0.717, 1.165) is 0 Å². The van der Waals surface area contributed by atoms with Crippen LogP contribution in [0, 0.1) is 0 Å². The molecule has 3 heteroatoms. The van der Waals surface area contributed by atoms with Crippen molar-refractivity contribution in [1.29, 1.82) is 0 Å². The second-order valence-corrected chi connectivity index (χ2v) is 2.06. The van der Waals surface area contributed by atoms with Crippen molar-refractivity contribution in [2.45, 2.75) is 6.92 Å². The zero-order valence-electron chi connectivity index (χ0n) is 7.33. The van der Waals surface area contributed by atoms with E-state index in [1.54, 1.807) is 19.1 Å². The number of nitrogens with two attached hydrogens (primary N) is 1. The number of hydrogen-bond donors (Lipinski definition) is 1. The van der Waals surface area contributed by atoms with E-state index >= 15 is 0 Å². The van der Waals surface area contributed by atoms with Crippen molar-refractivity contribution < 1.29 is 9.53 Å². The standard InChI is InChI=1S/C9H13NO2/c1-4-6-7(8(10)5-2)9(11)12-3/h4-6H,2,10H2,1,3H3/b6-4-,8-7-. The predicted octanol–water partition coefficient (Wildman–Crippen LogP) is 1.13. The van der Waals surface area contributed by atoms with Crippen molar-refractivity contribution in [3.05, 3.63) is 36.1 Å². The summed E-state index contributed by atoms with van der Waals surface area (Å²) >= 11 is 0. The maximum absolute atomic E-state index is 11.0. The van der Waals surface area contributed by atoms with Crippen LogP contribution in [0.15, 0.2) is 36.1 Å². The molecule has 0 aliphatic heterocycles. The molecule has 0 aliphatic carbocycles. The average Bonchev–Trinajstić information content (AvgIpc) is 2.11. The van der Waals surface area contributed by atoms with E-state index in [9.17, 15) is 4.79 Å². The topological polar surface area (TPSA) is 52.3 Å². The summed E-state index contributed by atoms with van der Waals surface area (Å²) in [6.45, 7) is 5.25. The molecule has 12 heavy (non-hydrogen) atoms. The molecular weight excluding hydrogens is 154 g/mol. The van der Waals surface area contributed by atoms with Gasteiger partial charge in [0.15, 0.2) is 0 Å². The number of carbonyl (C=O) groups excluding carboxylic acids is 1. The maximum atomic E-state index is 11.0. The van der Waals surface area contributed by atoms with Crippen molar-refractivity contribution in [1.82, 2.24) is 0 Å². The van der Waals surface area contributed by atoms with Gasteiger partial charge in [-0.15, -0.1) is 0 Å². The molecule has 0 aromatic rings. The van der Waals surface area contributed by atoms with Crippen LogP contribution in [0.2, 0.25) is 0 Å². The fourth-order valence-corrected chi connectivity index (χ4v) is 0.669. The lowest BCUT2D eigenvalue weighted by atomic mass is 10.2. The summed E-state index contributed by atoms with van der Waals surface area (Å²) in [5, 5.41) is 0. The highest BCUT2D eigenvalue weighted by Gasteiger charge is 2.07.